The number of guanidine groups is 1. The van der Waals surface area contributed by atoms with Crippen LogP contribution in [0.5, 0.6) is 5.75 Å². The van der Waals surface area contributed by atoms with Crippen molar-refractivity contribution in [3.8, 4) is 5.75 Å². The van der Waals surface area contributed by atoms with Crippen LogP contribution in [0.15, 0.2) is 35.5 Å². The fourth-order valence-corrected chi connectivity index (χ4v) is 3.02. The standard InChI is InChI=1S/C19H27N5O2S.HI/c1-14-11-22-17(27-14)8-9-21-19(20-2)23-12-15-6-5-7-16(10-15)26-13-18(25)24(3)4;/h5-7,10-11H,8-9,12-13H2,1-4H3,(H2,20,21,23);1H. The molecule has 1 heterocycles. The second kappa shape index (κ2) is 12.6. The fraction of sp³-hybridized carbons (Fsp3) is 0.421. The second-order valence-electron chi connectivity index (χ2n) is 6.19. The highest BCUT2D eigenvalue weighted by molar-refractivity contribution is 14.0. The lowest BCUT2D eigenvalue weighted by atomic mass is 10.2. The van der Waals surface area contributed by atoms with E-state index in [2.05, 4.69) is 27.5 Å². The first-order valence-corrected chi connectivity index (χ1v) is 9.57. The number of amides is 1. The van der Waals surface area contributed by atoms with Crippen LogP contribution in [0.25, 0.3) is 0 Å². The van der Waals surface area contributed by atoms with E-state index < -0.39 is 0 Å². The summed E-state index contributed by atoms with van der Waals surface area (Å²) in [6, 6.07) is 7.67. The quantitative estimate of drug-likeness (QED) is 0.320. The largest absolute Gasteiger partial charge is 0.484 e. The first kappa shape index (κ1) is 24.2. The van der Waals surface area contributed by atoms with Crippen LogP contribution in [0.3, 0.4) is 0 Å². The molecule has 0 fully saturated rings. The van der Waals surface area contributed by atoms with Crippen molar-refractivity contribution >= 4 is 47.2 Å². The van der Waals surface area contributed by atoms with Gasteiger partial charge in [-0.3, -0.25) is 9.79 Å². The van der Waals surface area contributed by atoms with Crippen LogP contribution in [0, 0.1) is 6.92 Å². The lowest BCUT2D eigenvalue weighted by Crippen LogP contribution is -2.37. The molecular formula is C19H28IN5O2S. The number of benzene rings is 1. The zero-order chi connectivity index (χ0) is 19.6. The van der Waals surface area contributed by atoms with E-state index in [1.807, 2.05) is 30.5 Å². The number of carbonyl (C=O) groups excluding carboxylic acids is 1. The molecule has 0 spiro atoms. The molecule has 0 radical (unpaired) electrons. The molecule has 1 aromatic carbocycles. The van der Waals surface area contributed by atoms with Crippen LogP contribution in [0.4, 0.5) is 0 Å². The molecule has 0 saturated heterocycles. The molecule has 0 aliphatic carbocycles. The lowest BCUT2D eigenvalue weighted by Gasteiger charge is -2.13. The van der Waals surface area contributed by atoms with Crippen molar-refractivity contribution < 1.29 is 9.53 Å². The van der Waals surface area contributed by atoms with Crippen LogP contribution < -0.4 is 15.4 Å². The molecule has 2 rings (SSSR count). The normalized spacial score (nSPS) is 10.8. The summed E-state index contributed by atoms with van der Waals surface area (Å²) in [7, 11) is 5.16. The molecule has 0 aliphatic heterocycles. The van der Waals surface area contributed by atoms with Gasteiger partial charge in [0, 0.05) is 51.7 Å². The minimum Gasteiger partial charge on any atom is -0.484 e. The van der Waals surface area contributed by atoms with Gasteiger partial charge in [0.2, 0.25) is 0 Å². The van der Waals surface area contributed by atoms with Crippen molar-refractivity contribution in [2.75, 3.05) is 34.3 Å². The summed E-state index contributed by atoms with van der Waals surface area (Å²) >= 11 is 1.71. The zero-order valence-electron chi connectivity index (χ0n) is 16.7. The van der Waals surface area contributed by atoms with Crippen LogP contribution in [-0.4, -0.2) is 56.0 Å². The number of nitrogens with zero attached hydrogens (tertiary/aromatic N) is 3. The summed E-state index contributed by atoms with van der Waals surface area (Å²) in [5, 5.41) is 7.69. The van der Waals surface area contributed by atoms with Gasteiger partial charge in [-0.05, 0) is 24.6 Å². The Morgan fingerprint density at radius 3 is 2.75 bits per heavy atom. The molecule has 0 unspecified atom stereocenters. The zero-order valence-corrected chi connectivity index (χ0v) is 19.8. The van der Waals surface area contributed by atoms with Crippen molar-refractivity contribution in [2.24, 2.45) is 4.99 Å². The minimum atomic E-state index is -0.0708. The van der Waals surface area contributed by atoms with Gasteiger partial charge in [0.25, 0.3) is 5.91 Å². The van der Waals surface area contributed by atoms with Crippen molar-refractivity contribution in [3.05, 3.63) is 45.9 Å². The smallest absolute Gasteiger partial charge is 0.259 e. The number of hydrogen-bond donors (Lipinski definition) is 2. The number of thiazole rings is 1. The number of aromatic nitrogens is 1. The molecule has 2 N–H and O–H groups in total. The minimum absolute atomic E-state index is 0. The Balaban J connectivity index is 0.00000392. The van der Waals surface area contributed by atoms with Gasteiger partial charge < -0.3 is 20.3 Å². The monoisotopic (exact) mass is 517 g/mol. The van der Waals surface area contributed by atoms with E-state index in [0.717, 1.165) is 29.5 Å². The Morgan fingerprint density at radius 1 is 1.32 bits per heavy atom. The molecule has 0 atom stereocenters. The maximum absolute atomic E-state index is 11.6. The number of rotatable bonds is 8. The van der Waals surface area contributed by atoms with E-state index in [9.17, 15) is 4.79 Å². The van der Waals surface area contributed by atoms with Crippen molar-refractivity contribution in [3.63, 3.8) is 0 Å². The van der Waals surface area contributed by atoms with Gasteiger partial charge in [0.15, 0.2) is 12.6 Å². The number of aliphatic imine (C=N–C) groups is 1. The Kier molecular flexibility index (Phi) is 10.8. The molecule has 0 saturated carbocycles. The molecule has 28 heavy (non-hydrogen) atoms. The van der Waals surface area contributed by atoms with E-state index in [1.165, 1.54) is 9.78 Å². The molecular weight excluding hydrogens is 489 g/mol. The van der Waals surface area contributed by atoms with E-state index in [1.54, 1.807) is 32.5 Å². The number of hydrogen-bond acceptors (Lipinski definition) is 5. The number of halogens is 1. The third-order valence-electron chi connectivity index (χ3n) is 3.74. The Bertz CT molecular complexity index is 779. The van der Waals surface area contributed by atoms with Crippen LogP contribution >= 0.6 is 35.3 Å². The Hall–Kier alpha value is -1.88. The number of nitrogens with one attached hydrogen (secondary N) is 2. The van der Waals surface area contributed by atoms with Gasteiger partial charge >= 0.3 is 0 Å². The second-order valence-corrected chi connectivity index (χ2v) is 7.51. The summed E-state index contributed by atoms with van der Waals surface area (Å²) in [6.07, 6.45) is 2.76. The average Bonchev–Trinajstić information content (AvgIpc) is 3.07. The lowest BCUT2D eigenvalue weighted by molar-refractivity contribution is -0.130. The van der Waals surface area contributed by atoms with Gasteiger partial charge in [-0.15, -0.1) is 35.3 Å². The highest BCUT2D eigenvalue weighted by atomic mass is 127. The average molecular weight is 517 g/mol. The Labute approximate surface area is 187 Å². The van der Waals surface area contributed by atoms with E-state index in [-0.39, 0.29) is 36.5 Å². The summed E-state index contributed by atoms with van der Waals surface area (Å²) < 4.78 is 5.55. The van der Waals surface area contributed by atoms with Crippen molar-refractivity contribution in [2.45, 2.75) is 19.9 Å². The number of likely N-dealkylation sites (N-methyl/N-ethyl adjacent to an activating group) is 1. The summed E-state index contributed by atoms with van der Waals surface area (Å²) in [5.74, 6) is 1.34. The topological polar surface area (TPSA) is 78.9 Å². The van der Waals surface area contributed by atoms with Crippen molar-refractivity contribution in [1.82, 2.24) is 20.5 Å². The first-order chi connectivity index (χ1) is 13.0. The number of ether oxygens (including phenoxy) is 1. The molecule has 1 amide bonds. The Morgan fingerprint density at radius 2 is 2.11 bits per heavy atom. The van der Waals surface area contributed by atoms with Crippen LogP contribution in [-0.2, 0) is 17.8 Å². The third kappa shape index (κ3) is 8.42. The van der Waals surface area contributed by atoms with Crippen LogP contribution in [0.1, 0.15) is 15.4 Å². The molecule has 1 aromatic heterocycles. The third-order valence-corrected chi connectivity index (χ3v) is 4.72. The predicted molar refractivity (Wildman–Crippen MR) is 125 cm³/mol. The fourth-order valence-electron chi connectivity index (χ4n) is 2.23. The number of carbonyl (C=O) groups is 1. The van der Waals surface area contributed by atoms with E-state index in [0.29, 0.717) is 12.3 Å². The van der Waals surface area contributed by atoms with Gasteiger partial charge in [-0.2, -0.15) is 0 Å². The van der Waals surface area contributed by atoms with Gasteiger partial charge in [0.05, 0.1) is 5.01 Å². The SMILES string of the molecule is CN=C(NCCc1ncc(C)s1)NCc1cccc(OCC(=O)N(C)C)c1.I. The highest BCUT2D eigenvalue weighted by Crippen LogP contribution is 2.13. The van der Waals surface area contributed by atoms with Gasteiger partial charge in [-0.1, -0.05) is 12.1 Å². The summed E-state index contributed by atoms with van der Waals surface area (Å²) in [6.45, 7) is 3.46. The summed E-state index contributed by atoms with van der Waals surface area (Å²) in [4.78, 5) is 22.9. The molecule has 0 aliphatic rings. The maximum atomic E-state index is 11.6. The molecule has 0 bridgehead atoms. The molecule has 2 aromatic rings. The van der Waals surface area contributed by atoms with Crippen molar-refractivity contribution in [1.29, 1.82) is 0 Å². The van der Waals surface area contributed by atoms with Gasteiger partial charge in [0.1, 0.15) is 5.75 Å². The van der Waals surface area contributed by atoms with E-state index >= 15 is 0 Å². The maximum Gasteiger partial charge on any atom is 0.259 e. The molecule has 7 nitrogen and oxygen atoms in total. The number of aryl methyl sites for hydroxylation is 1. The molecule has 9 heteroatoms. The summed E-state index contributed by atoms with van der Waals surface area (Å²) in [5.41, 5.74) is 1.04. The van der Waals surface area contributed by atoms with E-state index in [4.69, 9.17) is 4.74 Å². The first-order valence-electron chi connectivity index (χ1n) is 8.75. The van der Waals surface area contributed by atoms with Gasteiger partial charge in [-0.25, -0.2) is 4.98 Å². The predicted octanol–water partition coefficient (Wildman–Crippen LogP) is 2.44. The highest BCUT2D eigenvalue weighted by Gasteiger charge is 2.06. The molecule has 154 valence electrons. The van der Waals surface area contributed by atoms with Crippen LogP contribution in [0.2, 0.25) is 0 Å².